The molecule has 0 aromatic carbocycles. The topological polar surface area (TPSA) is 30.8 Å². The van der Waals surface area contributed by atoms with Gasteiger partial charge < -0.3 is 4.89 Å². The molecular formula is C3H7NO2. The third-order valence-electron chi connectivity index (χ3n) is 0.245. The number of hydrogen-bond acceptors (Lipinski definition) is 3. The van der Waals surface area contributed by atoms with E-state index in [4.69, 9.17) is 0 Å². The van der Waals surface area contributed by atoms with Crippen LogP contribution < -0.4 is 0 Å². The molecule has 36 valence electrons. The monoisotopic (exact) mass is 89.0 g/mol. The lowest BCUT2D eigenvalue weighted by atomic mass is 11.3. The van der Waals surface area contributed by atoms with E-state index >= 15 is 0 Å². The minimum absolute atomic E-state index is 1.21. The Bertz CT molecular complexity index is 44.1. The van der Waals surface area contributed by atoms with Gasteiger partial charge in [-0.25, -0.2) is 0 Å². The molecule has 0 N–H and O–H groups in total. The highest BCUT2D eigenvalue weighted by atomic mass is 17.2. The van der Waals surface area contributed by atoms with Crippen molar-refractivity contribution in [3.05, 3.63) is 0 Å². The maximum absolute atomic E-state index is 4.19. The maximum Gasteiger partial charge on any atom is 0.214 e. The van der Waals surface area contributed by atoms with Gasteiger partial charge >= 0.3 is 0 Å². The Balaban J connectivity index is 2.66. The first-order valence-electron chi connectivity index (χ1n) is 1.52. The van der Waals surface area contributed by atoms with E-state index in [0.29, 0.717) is 0 Å². The van der Waals surface area contributed by atoms with Crippen LogP contribution in [0.25, 0.3) is 0 Å². The molecule has 0 aliphatic heterocycles. The quantitative estimate of drug-likeness (QED) is 0.210. The van der Waals surface area contributed by atoms with Gasteiger partial charge in [-0.3, -0.25) is 4.99 Å². The first-order valence-corrected chi connectivity index (χ1v) is 1.52. The molecule has 0 atom stereocenters. The van der Waals surface area contributed by atoms with Crippen molar-refractivity contribution in [3.8, 4) is 0 Å². The lowest BCUT2D eigenvalue weighted by molar-refractivity contribution is -0.187. The fourth-order valence-corrected chi connectivity index (χ4v) is 0.0861. The van der Waals surface area contributed by atoms with Crippen LogP contribution in [-0.4, -0.2) is 20.6 Å². The molecule has 0 saturated heterocycles. The van der Waals surface area contributed by atoms with Gasteiger partial charge in [-0.15, -0.1) is 0 Å². The molecule has 0 spiro atoms. The van der Waals surface area contributed by atoms with Crippen molar-refractivity contribution in [3.63, 3.8) is 0 Å². The predicted octanol–water partition coefficient (Wildman–Crippen LogP) is 0.223. The molecule has 0 rings (SSSR count). The van der Waals surface area contributed by atoms with Gasteiger partial charge in [-0.2, -0.15) is 4.89 Å². The number of hydrogen-bond donors (Lipinski definition) is 0. The number of rotatable bonds is 2. The van der Waals surface area contributed by atoms with Crippen LogP contribution in [0.2, 0.25) is 0 Å². The summed E-state index contributed by atoms with van der Waals surface area (Å²) in [5.74, 6) is 0. The summed E-state index contributed by atoms with van der Waals surface area (Å²) in [4.78, 5) is 11.8. The Kier molecular flexibility index (Phi) is 4.01. The lowest BCUT2D eigenvalue weighted by Crippen LogP contribution is -1.81. The molecule has 0 aromatic heterocycles. The summed E-state index contributed by atoms with van der Waals surface area (Å²) in [6.07, 6.45) is 1.21. The van der Waals surface area contributed by atoms with E-state index in [2.05, 4.69) is 14.8 Å². The average molecular weight is 89.1 g/mol. The second-order valence-electron chi connectivity index (χ2n) is 0.626. The summed E-state index contributed by atoms with van der Waals surface area (Å²) in [6.45, 7) is 0. The van der Waals surface area contributed by atoms with Gasteiger partial charge in [0, 0.05) is 7.05 Å². The van der Waals surface area contributed by atoms with E-state index in [9.17, 15) is 0 Å². The first kappa shape index (κ1) is 5.43. The van der Waals surface area contributed by atoms with Gasteiger partial charge in [-0.05, 0) is 0 Å². The van der Waals surface area contributed by atoms with Crippen molar-refractivity contribution in [2.75, 3.05) is 14.2 Å². The molecule has 0 unspecified atom stereocenters. The van der Waals surface area contributed by atoms with Crippen LogP contribution >= 0.6 is 0 Å². The molecule has 0 aliphatic rings. The molecular weight excluding hydrogens is 82.0 g/mol. The van der Waals surface area contributed by atoms with Gasteiger partial charge in [0.05, 0.1) is 7.11 Å². The molecule has 0 fully saturated rings. The van der Waals surface area contributed by atoms with E-state index in [1.54, 1.807) is 7.05 Å². The Morgan fingerprint density at radius 2 is 2.33 bits per heavy atom. The number of aliphatic imine (C=N–C) groups is 1. The van der Waals surface area contributed by atoms with Crippen LogP contribution in [0.3, 0.4) is 0 Å². The van der Waals surface area contributed by atoms with Crippen LogP contribution in [0.4, 0.5) is 0 Å². The first-order chi connectivity index (χ1) is 2.91. The molecule has 0 amide bonds. The van der Waals surface area contributed by atoms with Crippen LogP contribution in [0.15, 0.2) is 4.99 Å². The largest absolute Gasteiger partial charge is 0.326 e. The minimum atomic E-state index is 1.21. The zero-order valence-electron chi connectivity index (χ0n) is 3.84. The Hall–Kier alpha value is -0.570. The Morgan fingerprint density at radius 3 is 2.50 bits per heavy atom. The summed E-state index contributed by atoms with van der Waals surface area (Å²) in [5, 5.41) is 0. The normalized spacial score (nSPS) is 9.67. The van der Waals surface area contributed by atoms with Crippen molar-refractivity contribution in [1.82, 2.24) is 0 Å². The highest BCUT2D eigenvalue weighted by molar-refractivity contribution is 5.44. The zero-order valence-corrected chi connectivity index (χ0v) is 3.84. The lowest BCUT2D eigenvalue weighted by Gasteiger charge is -1.84. The predicted molar refractivity (Wildman–Crippen MR) is 22.5 cm³/mol. The summed E-state index contributed by atoms with van der Waals surface area (Å²) < 4.78 is 0. The third-order valence-corrected chi connectivity index (χ3v) is 0.245. The van der Waals surface area contributed by atoms with Crippen molar-refractivity contribution >= 4 is 6.40 Å². The SMILES string of the molecule is CN=COOC. The Labute approximate surface area is 36.5 Å². The van der Waals surface area contributed by atoms with Crippen molar-refractivity contribution < 1.29 is 9.78 Å². The Morgan fingerprint density at radius 1 is 1.67 bits per heavy atom. The van der Waals surface area contributed by atoms with Crippen molar-refractivity contribution in [1.29, 1.82) is 0 Å². The third kappa shape index (κ3) is 3.43. The molecule has 0 aromatic rings. The smallest absolute Gasteiger partial charge is 0.214 e. The molecule has 0 radical (unpaired) electrons. The molecule has 0 heterocycles. The highest BCUT2D eigenvalue weighted by Crippen LogP contribution is 1.60. The van der Waals surface area contributed by atoms with Crippen LogP contribution in [0.5, 0.6) is 0 Å². The zero-order chi connectivity index (χ0) is 4.83. The molecule has 3 heteroatoms. The maximum atomic E-state index is 4.19. The van der Waals surface area contributed by atoms with E-state index in [1.807, 2.05) is 0 Å². The van der Waals surface area contributed by atoms with Gasteiger partial charge in [0.25, 0.3) is 0 Å². The fourth-order valence-electron chi connectivity index (χ4n) is 0.0861. The molecule has 0 saturated carbocycles. The van der Waals surface area contributed by atoms with Crippen LogP contribution in [0.1, 0.15) is 0 Å². The van der Waals surface area contributed by atoms with Gasteiger partial charge in [0.1, 0.15) is 0 Å². The average Bonchev–Trinajstić information content (AvgIpc) is 1.61. The molecule has 0 aliphatic carbocycles. The summed E-state index contributed by atoms with van der Waals surface area (Å²) in [6, 6.07) is 0. The summed E-state index contributed by atoms with van der Waals surface area (Å²) in [7, 11) is 3.01. The summed E-state index contributed by atoms with van der Waals surface area (Å²) >= 11 is 0. The van der Waals surface area contributed by atoms with Gasteiger partial charge in [0.15, 0.2) is 0 Å². The second kappa shape index (κ2) is 4.43. The van der Waals surface area contributed by atoms with Crippen LogP contribution in [0, 0.1) is 0 Å². The van der Waals surface area contributed by atoms with Crippen molar-refractivity contribution in [2.24, 2.45) is 4.99 Å². The van der Waals surface area contributed by atoms with E-state index in [-0.39, 0.29) is 0 Å². The van der Waals surface area contributed by atoms with E-state index in [0.717, 1.165) is 0 Å². The summed E-state index contributed by atoms with van der Waals surface area (Å²) in [5.41, 5.74) is 0. The fraction of sp³-hybridized carbons (Fsp3) is 0.667. The van der Waals surface area contributed by atoms with Crippen LogP contribution in [-0.2, 0) is 9.78 Å². The van der Waals surface area contributed by atoms with Gasteiger partial charge in [-0.1, -0.05) is 0 Å². The molecule has 3 nitrogen and oxygen atoms in total. The van der Waals surface area contributed by atoms with E-state index in [1.165, 1.54) is 13.5 Å². The standard InChI is InChI=1S/C3H7NO2/c1-4-3-6-5-2/h3H,1-2H3. The second-order valence-corrected chi connectivity index (χ2v) is 0.626. The highest BCUT2D eigenvalue weighted by Gasteiger charge is 1.60. The van der Waals surface area contributed by atoms with Crippen molar-refractivity contribution in [2.45, 2.75) is 0 Å². The number of nitrogens with zero attached hydrogens (tertiary/aromatic N) is 1. The molecule has 0 bridgehead atoms. The minimum Gasteiger partial charge on any atom is -0.326 e. The molecule has 6 heavy (non-hydrogen) atoms. The van der Waals surface area contributed by atoms with E-state index < -0.39 is 0 Å². The van der Waals surface area contributed by atoms with Gasteiger partial charge in [0.2, 0.25) is 6.40 Å².